The third kappa shape index (κ3) is 1.38. The van der Waals surface area contributed by atoms with Crippen LogP contribution in [0.3, 0.4) is 0 Å². The number of hydrogen-bond acceptors (Lipinski definition) is 2. The van der Waals surface area contributed by atoms with Crippen LogP contribution in [0, 0.1) is 0 Å². The fourth-order valence-corrected chi connectivity index (χ4v) is 5.39. The molecule has 0 fully saturated rings. The van der Waals surface area contributed by atoms with Crippen molar-refractivity contribution >= 4 is 71.3 Å². The van der Waals surface area contributed by atoms with Crippen molar-refractivity contribution in [1.29, 1.82) is 0 Å². The predicted octanol–water partition coefficient (Wildman–Crippen LogP) is 6.82. The Hall–Kier alpha value is -3.92. The lowest BCUT2D eigenvalue weighted by molar-refractivity contribution is 0.600. The number of nitrogens with zero attached hydrogens (tertiary/aromatic N) is 2. The minimum atomic E-state index is 0.857. The first-order valence-electron chi connectivity index (χ1n) is 9.77. The Balaban J connectivity index is 1.92. The molecule has 136 valence electrons. The largest absolute Gasteiger partial charge is 0.454 e. The smallest absolute Gasteiger partial charge is 0.212 e. The van der Waals surface area contributed by atoms with Crippen molar-refractivity contribution < 1.29 is 8.83 Å². The van der Waals surface area contributed by atoms with Crippen LogP contribution in [0.15, 0.2) is 75.8 Å². The molecule has 0 radical (unpaired) electrons. The lowest BCUT2D eigenvalue weighted by Gasteiger charge is -2.01. The maximum absolute atomic E-state index is 6.36. The Kier molecular flexibility index (Phi) is 2.14. The van der Waals surface area contributed by atoms with Gasteiger partial charge in [-0.2, -0.15) is 0 Å². The van der Waals surface area contributed by atoms with Gasteiger partial charge in [0.15, 0.2) is 5.58 Å². The first-order valence-corrected chi connectivity index (χ1v) is 9.77. The third-order valence-corrected chi connectivity index (χ3v) is 6.57. The average molecular weight is 374 g/mol. The van der Waals surface area contributed by atoms with Crippen LogP contribution in [0.25, 0.3) is 71.3 Å². The van der Waals surface area contributed by atoms with Gasteiger partial charge in [0.05, 0.1) is 17.3 Å². The highest BCUT2D eigenvalue weighted by Gasteiger charge is 2.25. The van der Waals surface area contributed by atoms with E-state index in [1.54, 1.807) is 6.26 Å². The number of hydrogen-bond donors (Lipinski definition) is 0. The predicted molar refractivity (Wildman–Crippen MR) is 117 cm³/mol. The van der Waals surface area contributed by atoms with E-state index in [0.717, 1.165) is 44.1 Å². The summed E-state index contributed by atoms with van der Waals surface area (Å²) in [5.41, 5.74) is 7.36. The first kappa shape index (κ1) is 14.1. The summed E-state index contributed by atoms with van der Waals surface area (Å²) in [6, 6.07) is 21.2. The Morgan fingerprint density at radius 1 is 0.690 bits per heavy atom. The van der Waals surface area contributed by atoms with Gasteiger partial charge in [-0.3, -0.25) is 4.40 Å². The van der Waals surface area contributed by atoms with Gasteiger partial charge in [-0.05, 0) is 41.8 Å². The van der Waals surface area contributed by atoms with Crippen LogP contribution in [-0.2, 0) is 7.05 Å². The Bertz CT molecular complexity index is 1920. The van der Waals surface area contributed by atoms with Gasteiger partial charge in [0.2, 0.25) is 5.71 Å². The van der Waals surface area contributed by atoms with Crippen LogP contribution in [0.2, 0.25) is 0 Å². The van der Waals surface area contributed by atoms with Gasteiger partial charge >= 0.3 is 0 Å². The molecule has 0 atom stereocenters. The highest BCUT2D eigenvalue weighted by molar-refractivity contribution is 6.33. The Morgan fingerprint density at radius 2 is 1.55 bits per heavy atom. The topological polar surface area (TPSA) is 35.6 Å². The van der Waals surface area contributed by atoms with Gasteiger partial charge in [-0.25, -0.2) is 0 Å². The minimum Gasteiger partial charge on any atom is -0.454 e. The van der Waals surface area contributed by atoms with E-state index in [9.17, 15) is 0 Å². The number of benzene rings is 3. The van der Waals surface area contributed by atoms with E-state index in [0.29, 0.717) is 0 Å². The molecule has 4 nitrogen and oxygen atoms in total. The summed E-state index contributed by atoms with van der Waals surface area (Å²) in [7, 11) is 2.14. The zero-order chi connectivity index (χ0) is 18.9. The standard InChI is InChI=1S/C25H14N2O2/c1-26-17-7-4-6-13-14-11-12-28-25(14)27-22-16(9-10-18(26)21(22)20(13)17)24-23(27)15-5-2-3-8-19(15)29-24/h2-12H,1H3. The van der Waals surface area contributed by atoms with Crippen molar-refractivity contribution in [3.8, 4) is 0 Å². The molecule has 0 aliphatic carbocycles. The highest BCUT2D eigenvalue weighted by Crippen LogP contribution is 2.45. The summed E-state index contributed by atoms with van der Waals surface area (Å²) in [6.07, 6.45) is 1.79. The second kappa shape index (κ2) is 4.39. The highest BCUT2D eigenvalue weighted by atomic mass is 16.3. The number of para-hydroxylation sites is 1. The summed E-state index contributed by atoms with van der Waals surface area (Å²) in [6.45, 7) is 0. The molecule has 8 aromatic rings. The molecule has 29 heavy (non-hydrogen) atoms. The van der Waals surface area contributed by atoms with Crippen LogP contribution >= 0.6 is 0 Å². The molecule has 8 rings (SSSR count). The molecule has 0 bridgehead atoms. The van der Waals surface area contributed by atoms with Crippen LogP contribution in [0.5, 0.6) is 0 Å². The van der Waals surface area contributed by atoms with Crippen molar-refractivity contribution in [3.63, 3.8) is 0 Å². The number of aromatic nitrogens is 2. The fourth-order valence-electron chi connectivity index (χ4n) is 5.39. The summed E-state index contributed by atoms with van der Waals surface area (Å²) in [4.78, 5) is 0. The third-order valence-electron chi connectivity index (χ3n) is 6.57. The second-order valence-corrected chi connectivity index (χ2v) is 7.87. The molecule has 5 aromatic heterocycles. The summed E-state index contributed by atoms with van der Waals surface area (Å²) in [5.74, 6) is 0. The molecule has 0 saturated heterocycles. The second-order valence-electron chi connectivity index (χ2n) is 7.87. The molecule has 0 N–H and O–H groups in total. The lowest BCUT2D eigenvalue weighted by Crippen LogP contribution is -1.87. The molecule has 4 heteroatoms. The van der Waals surface area contributed by atoms with E-state index >= 15 is 0 Å². The molecule has 3 aromatic carbocycles. The van der Waals surface area contributed by atoms with E-state index in [1.165, 1.54) is 27.2 Å². The molecule has 5 heterocycles. The first-order chi connectivity index (χ1) is 14.3. The average Bonchev–Trinajstić information content (AvgIpc) is 3.48. The lowest BCUT2D eigenvalue weighted by atomic mass is 10.1. The normalized spacial score (nSPS) is 13.0. The SMILES string of the molecule is Cn1c2cccc3c4ccoc4n4c5c6ccccc6oc5c5ccc1c(c32)c54. The molecule has 0 saturated carbocycles. The molecule has 0 aliphatic heterocycles. The Labute approximate surface area is 163 Å². The van der Waals surface area contributed by atoms with Gasteiger partial charge in [0.25, 0.3) is 0 Å². The molecule has 0 spiro atoms. The quantitative estimate of drug-likeness (QED) is 0.292. The summed E-state index contributed by atoms with van der Waals surface area (Å²) in [5, 5.41) is 7.10. The maximum Gasteiger partial charge on any atom is 0.212 e. The summed E-state index contributed by atoms with van der Waals surface area (Å²) >= 11 is 0. The molecular formula is C25H14N2O2. The van der Waals surface area contributed by atoms with Crippen LogP contribution < -0.4 is 0 Å². The van der Waals surface area contributed by atoms with Crippen molar-refractivity contribution in [1.82, 2.24) is 8.97 Å². The number of rotatable bonds is 0. The number of aryl methyl sites for hydroxylation is 1. The van der Waals surface area contributed by atoms with E-state index in [1.807, 2.05) is 12.1 Å². The fraction of sp³-hybridized carbons (Fsp3) is 0.0400. The minimum absolute atomic E-state index is 0.857. The summed E-state index contributed by atoms with van der Waals surface area (Å²) < 4.78 is 17.0. The number of furan rings is 2. The maximum atomic E-state index is 6.36. The van der Waals surface area contributed by atoms with E-state index in [4.69, 9.17) is 8.83 Å². The van der Waals surface area contributed by atoms with Crippen molar-refractivity contribution in [2.24, 2.45) is 7.05 Å². The molecule has 0 unspecified atom stereocenters. The van der Waals surface area contributed by atoms with Crippen LogP contribution in [0.4, 0.5) is 0 Å². The molecular weight excluding hydrogens is 360 g/mol. The van der Waals surface area contributed by atoms with Crippen LogP contribution in [-0.4, -0.2) is 8.97 Å². The van der Waals surface area contributed by atoms with Gasteiger partial charge in [0, 0.05) is 39.5 Å². The van der Waals surface area contributed by atoms with E-state index < -0.39 is 0 Å². The molecule has 0 amide bonds. The van der Waals surface area contributed by atoms with Gasteiger partial charge in [-0.1, -0.05) is 24.3 Å². The number of fused-ring (bicyclic) bond motifs is 8. The van der Waals surface area contributed by atoms with Crippen LogP contribution in [0.1, 0.15) is 0 Å². The van der Waals surface area contributed by atoms with E-state index in [-0.39, 0.29) is 0 Å². The van der Waals surface area contributed by atoms with Gasteiger partial charge in [-0.15, -0.1) is 0 Å². The van der Waals surface area contributed by atoms with Crippen molar-refractivity contribution in [2.45, 2.75) is 0 Å². The molecule has 0 aliphatic rings. The van der Waals surface area contributed by atoms with E-state index in [2.05, 4.69) is 64.5 Å². The Morgan fingerprint density at radius 3 is 2.52 bits per heavy atom. The van der Waals surface area contributed by atoms with Crippen molar-refractivity contribution in [3.05, 3.63) is 66.9 Å². The van der Waals surface area contributed by atoms with Gasteiger partial charge in [0.1, 0.15) is 11.1 Å². The van der Waals surface area contributed by atoms with Crippen molar-refractivity contribution in [2.75, 3.05) is 0 Å². The monoisotopic (exact) mass is 374 g/mol. The zero-order valence-electron chi connectivity index (χ0n) is 15.6. The van der Waals surface area contributed by atoms with Gasteiger partial charge < -0.3 is 13.4 Å². The zero-order valence-corrected chi connectivity index (χ0v) is 15.6.